The van der Waals surface area contributed by atoms with Gasteiger partial charge in [-0.05, 0) is 30.7 Å². The van der Waals surface area contributed by atoms with Crippen LogP contribution in [0.4, 0.5) is 14.9 Å². The summed E-state index contributed by atoms with van der Waals surface area (Å²) in [5, 5.41) is 5.53. The van der Waals surface area contributed by atoms with Crippen molar-refractivity contribution in [3.63, 3.8) is 0 Å². The number of carbonyl (C=O) groups is 1. The summed E-state index contributed by atoms with van der Waals surface area (Å²) < 4.78 is 18.2. The second kappa shape index (κ2) is 8.14. The Morgan fingerprint density at radius 2 is 1.86 bits per heavy atom. The molecule has 0 spiro atoms. The maximum Gasteiger partial charge on any atom is 0.319 e. The number of amides is 2. The molecule has 0 aliphatic carbocycles. The molecule has 2 rings (SSSR count). The molecule has 0 unspecified atom stereocenters. The second-order valence-electron chi connectivity index (χ2n) is 4.73. The number of rotatable bonds is 6. The first kappa shape index (κ1) is 16.0. The van der Waals surface area contributed by atoms with Crippen molar-refractivity contribution < 1.29 is 13.9 Å². The highest BCUT2D eigenvalue weighted by molar-refractivity contribution is 5.90. The van der Waals surface area contributed by atoms with Crippen LogP contribution in [0.3, 0.4) is 0 Å². The molecule has 5 heteroatoms. The molecule has 0 saturated carbocycles. The van der Waals surface area contributed by atoms with Crippen LogP contribution in [-0.2, 0) is 17.9 Å². The molecule has 4 nitrogen and oxygen atoms in total. The molecular formula is C17H19FN2O2. The van der Waals surface area contributed by atoms with Gasteiger partial charge in [-0.3, -0.25) is 0 Å². The number of ether oxygens (including phenoxy) is 1. The molecule has 0 atom stereocenters. The van der Waals surface area contributed by atoms with Gasteiger partial charge in [-0.15, -0.1) is 0 Å². The van der Waals surface area contributed by atoms with Crippen molar-refractivity contribution in [2.24, 2.45) is 0 Å². The maximum absolute atomic E-state index is 12.8. The number of halogens is 1. The number of nitrogens with one attached hydrogen (secondary N) is 2. The van der Waals surface area contributed by atoms with Crippen molar-refractivity contribution in [1.29, 1.82) is 0 Å². The third-order valence-corrected chi connectivity index (χ3v) is 3.09. The van der Waals surface area contributed by atoms with Crippen LogP contribution in [-0.4, -0.2) is 12.6 Å². The van der Waals surface area contributed by atoms with Gasteiger partial charge in [-0.25, -0.2) is 9.18 Å². The molecule has 0 heterocycles. The molecule has 0 bridgehead atoms. The number of hydrogen-bond acceptors (Lipinski definition) is 2. The largest absolute Gasteiger partial charge is 0.377 e. The normalized spacial score (nSPS) is 10.3. The predicted molar refractivity (Wildman–Crippen MR) is 84.0 cm³/mol. The maximum atomic E-state index is 12.8. The van der Waals surface area contributed by atoms with E-state index in [0.717, 1.165) is 11.1 Å². The van der Waals surface area contributed by atoms with Crippen LogP contribution in [0.5, 0.6) is 0 Å². The summed E-state index contributed by atoms with van der Waals surface area (Å²) in [7, 11) is 0. The van der Waals surface area contributed by atoms with Gasteiger partial charge in [0.25, 0.3) is 0 Å². The minimum Gasteiger partial charge on any atom is -0.377 e. The van der Waals surface area contributed by atoms with Gasteiger partial charge in [0.05, 0.1) is 6.61 Å². The third kappa shape index (κ3) is 4.86. The van der Waals surface area contributed by atoms with Crippen LogP contribution < -0.4 is 10.6 Å². The minimum atomic E-state index is -0.312. The summed E-state index contributed by atoms with van der Waals surface area (Å²) >= 11 is 0. The quantitative estimate of drug-likeness (QED) is 0.855. The molecule has 2 amide bonds. The summed E-state index contributed by atoms with van der Waals surface area (Å²) in [6, 6.07) is 13.2. The van der Waals surface area contributed by atoms with Crippen LogP contribution >= 0.6 is 0 Å². The van der Waals surface area contributed by atoms with E-state index >= 15 is 0 Å². The molecule has 2 N–H and O–H groups in total. The van der Waals surface area contributed by atoms with Crippen molar-refractivity contribution in [2.45, 2.75) is 20.1 Å². The molecule has 22 heavy (non-hydrogen) atoms. The predicted octanol–water partition coefficient (Wildman–Crippen LogP) is 3.68. The number of hydrogen-bond donors (Lipinski definition) is 2. The topological polar surface area (TPSA) is 50.4 Å². The minimum absolute atomic E-state index is 0.293. The highest BCUT2D eigenvalue weighted by Gasteiger charge is 2.06. The molecule has 2 aromatic carbocycles. The first-order chi connectivity index (χ1) is 10.7. The average Bonchev–Trinajstić information content (AvgIpc) is 2.53. The van der Waals surface area contributed by atoms with E-state index in [4.69, 9.17) is 4.74 Å². The van der Waals surface area contributed by atoms with Crippen LogP contribution in [0.15, 0.2) is 48.5 Å². The first-order valence-corrected chi connectivity index (χ1v) is 7.14. The number of carbonyl (C=O) groups excluding carboxylic acids is 1. The molecule has 2 aromatic rings. The zero-order chi connectivity index (χ0) is 15.8. The van der Waals surface area contributed by atoms with Gasteiger partial charge in [-0.1, -0.05) is 30.3 Å². The lowest BCUT2D eigenvalue weighted by Gasteiger charge is -2.12. The lowest BCUT2D eigenvalue weighted by atomic mass is 10.2. The Morgan fingerprint density at radius 1 is 1.14 bits per heavy atom. The Hall–Kier alpha value is -2.40. The van der Waals surface area contributed by atoms with Crippen LogP contribution in [0, 0.1) is 5.82 Å². The highest BCUT2D eigenvalue weighted by atomic mass is 19.1. The second-order valence-corrected chi connectivity index (χ2v) is 4.73. The van der Waals surface area contributed by atoms with Gasteiger partial charge in [0.15, 0.2) is 0 Å². The van der Waals surface area contributed by atoms with Crippen LogP contribution in [0.25, 0.3) is 0 Å². The summed E-state index contributed by atoms with van der Waals surface area (Å²) in [5.74, 6) is -0.293. The van der Waals surface area contributed by atoms with Crippen molar-refractivity contribution in [2.75, 3.05) is 11.9 Å². The SMILES string of the molecule is CCOCc1ccccc1NC(=O)NCc1ccc(F)cc1. The van der Waals surface area contributed by atoms with E-state index in [2.05, 4.69) is 10.6 Å². The molecule has 116 valence electrons. The van der Waals surface area contributed by atoms with Crippen molar-refractivity contribution in [3.05, 3.63) is 65.5 Å². The van der Waals surface area contributed by atoms with E-state index < -0.39 is 0 Å². The van der Waals surface area contributed by atoms with Gasteiger partial charge in [0, 0.05) is 24.4 Å². The van der Waals surface area contributed by atoms with E-state index in [-0.39, 0.29) is 11.8 Å². The van der Waals surface area contributed by atoms with Gasteiger partial charge in [-0.2, -0.15) is 0 Å². The standard InChI is InChI=1S/C17H19FN2O2/c1-2-22-12-14-5-3-4-6-16(14)20-17(21)19-11-13-7-9-15(18)10-8-13/h3-10H,2,11-12H2,1H3,(H2,19,20,21). The van der Waals surface area contributed by atoms with E-state index in [9.17, 15) is 9.18 Å². The van der Waals surface area contributed by atoms with Gasteiger partial charge in [0.1, 0.15) is 5.82 Å². The fourth-order valence-corrected chi connectivity index (χ4v) is 1.93. The first-order valence-electron chi connectivity index (χ1n) is 7.14. The summed E-state index contributed by atoms with van der Waals surface area (Å²) in [4.78, 5) is 11.9. The van der Waals surface area contributed by atoms with E-state index in [1.165, 1.54) is 12.1 Å². The summed E-state index contributed by atoms with van der Waals surface area (Å²) in [6.45, 7) is 3.32. The fraction of sp³-hybridized carbons (Fsp3) is 0.235. The Bertz CT molecular complexity index is 614. The molecule has 0 aromatic heterocycles. The molecule has 0 aliphatic rings. The zero-order valence-electron chi connectivity index (χ0n) is 12.4. The van der Waals surface area contributed by atoms with E-state index in [1.54, 1.807) is 12.1 Å². The van der Waals surface area contributed by atoms with E-state index in [1.807, 2.05) is 31.2 Å². The summed E-state index contributed by atoms with van der Waals surface area (Å²) in [5.41, 5.74) is 2.47. The number of urea groups is 1. The van der Waals surface area contributed by atoms with E-state index in [0.29, 0.717) is 25.4 Å². The molecule has 0 radical (unpaired) electrons. The monoisotopic (exact) mass is 302 g/mol. The highest BCUT2D eigenvalue weighted by Crippen LogP contribution is 2.16. The molecule has 0 saturated heterocycles. The zero-order valence-corrected chi connectivity index (χ0v) is 12.4. The molecule has 0 fully saturated rings. The molecule has 0 aliphatic heterocycles. The Kier molecular flexibility index (Phi) is 5.91. The number of anilines is 1. The van der Waals surface area contributed by atoms with Crippen molar-refractivity contribution in [1.82, 2.24) is 5.32 Å². The molecular weight excluding hydrogens is 283 g/mol. The Balaban J connectivity index is 1.90. The van der Waals surface area contributed by atoms with Gasteiger partial charge < -0.3 is 15.4 Å². The third-order valence-electron chi connectivity index (χ3n) is 3.09. The van der Waals surface area contributed by atoms with Crippen LogP contribution in [0.1, 0.15) is 18.1 Å². The lowest BCUT2D eigenvalue weighted by molar-refractivity contribution is 0.134. The Labute approximate surface area is 129 Å². The Morgan fingerprint density at radius 3 is 2.59 bits per heavy atom. The van der Waals surface area contributed by atoms with Crippen molar-refractivity contribution in [3.8, 4) is 0 Å². The number of benzene rings is 2. The number of para-hydroxylation sites is 1. The smallest absolute Gasteiger partial charge is 0.319 e. The van der Waals surface area contributed by atoms with Gasteiger partial charge >= 0.3 is 6.03 Å². The van der Waals surface area contributed by atoms with Crippen molar-refractivity contribution >= 4 is 11.7 Å². The van der Waals surface area contributed by atoms with Gasteiger partial charge in [0.2, 0.25) is 0 Å². The summed E-state index contributed by atoms with van der Waals surface area (Å²) in [6.07, 6.45) is 0. The average molecular weight is 302 g/mol. The fourth-order valence-electron chi connectivity index (χ4n) is 1.93. The lowest BCUT2D eigenvalue weighted by Crippen LogP contribution is -2.28. The van der Waals surface area contributed by atoms with Crippen LogP contribution in [0.2, 0.25) is 0 Å².